The van der Waals surface area contributed by atoms with E-state index in [9.17, 15) is 0 Å². The first-order valence-electron chi connectivity index (χ1n) is 8.64. The standard InChI is InChI=1S/C18H22N6S/c1-22(16-6-3-2-4-7-16)10-5-11-24-18(19-20-21-24)23-12-8-17-15(14-23)9-13-25-17/h2-4,6-7,9,13H,5,8,10-12,14H2,1H3. The Kier molecular flexibility index (Phi) is 4.65. The lowest BCUT2D eigenvalue weighted by molar-refractivity contribution is 0.547. The van der Waals surface area contributed by atoms with Crippen molar-refractivity contribution in [3.05, 3.63) is 52.2 Å². The number of rotatable bonds is 6. The van der Waals surface area contributed by atoms with Crippen molar-refractivity contribution in [1.82, 2.24) is 20.2 Å². The number of thiophene rings is 1. The van der Waals surface area contributed by atoms with Crippen molar-refractivity contribution in [1.29, 1.82) is 0 Å². The van der Waals surface area contributed by atoms with Gasteiger partial charge in [0.2, 0.25) is 5.95 Å². The van der Waals surface area contributed by atoms with E-state index in [2.05, 4.69) is 68.1 Å². The summed E-state index contributed by atoms with van der Waals surface area (Å²) in [5, 5.41) is 14.6. The molecule has 130 valence electrons. The zero-order valence-electron chi connectivity index (χ0n) is 14.4. The minimum absolute atomic E-state index is 0.826. The molecule has 0 amide bonds. The number of fused-ring (bicyclic) bond motifs is 1. The van der Waals surface area contributed by atoms with Crippen LogP contribution in [0, 0.1) is 0 Å². The molecule has 0 unspecified atom stereocenters. The molecule has 4 rings (SSSR count). The zero-order chi connectivity index (χ0) is 17.1. The van der Waals surface area contributed by atoms with Gasteiger partial charge in [-0.05, 0) is 52.4 Å². The van der Waals surface area contributed by atoms with E-state index in [1.807, 2.05) is 22.1 Å². The maximum atomic E-state index is 4.27. The average molecular weight is 354 g/mol. The van der Waals surface area contributed by atoms with Gasteiger partial charge in [0.15, 0.2) is 0 Å². The summed E-state index contributed by atoms with van der Waals surface area (Å²) in [5.74, 6) is 0.888. The Morgan fingerprint density at radius 1 is 1.20 bits per heavy atom. The predicted octanol–water partition coefficient (Wildman–Crippen LogP) is 2.82. The molecule has 3 heterocycles. The third-order valence-corrected chi connectivity index (χ3v) is 5.69. The quantitative estimate of drug-likeness (QED) is 0.681. The molecular weight excluding hydrogens is 332 g/mol. The van der Waals surface area contributed by atoms with Gasteiger partial charge in [-0.2, -0.15) is 0 Å². The number of hydrogen-bond donors (Lipinski definition) is 0. The summed E-state index contributed by atoms with van der Waals surface area (Å²) < 4.78 is 1.94. The SMILES string of the molecule is CN(CCCn1nnnc1N1CCc2sccc2C1)c1ccccc1. The number of nitrogens with zero attached hydrogens (tertiary/aromatic N) is 6. The first-order valence-corrected chi connectivity index (χ1v) is 9.52. The van der Waals surface area contributed by atoms with Crippen molar-refractivity contribution in [3.63, 3.8) is 0 Å². The number of para-hydroxylation sites is 1. The van der Waals surface area contributed by atoms with Gasteiger partial charge in [0.05, 0.1) is 0 Å². The Balaban J connectivity index is 1.36. The molecule has 0 spiro atoms. The third kappa shape index (κ3) is 3.51. The molecule has 0 saturated carbocycles. The van der Waals surface area contributed by atoms with Gasteiger partial charge >= 0.3 is 0 Å². The summed E-state index contributed by atoms with van der Waals surface area (Å²) in [7, 11) is 2.12. The fraction of sp³-hybridized carbons (Fsp3) is 0.389. The third-order valence-electron chi connectivity index (χ3n) is 4.66. The summed E-state index contributed by atoms with van der Waals surface area (Å²) in [6.07, 6.45) is 2.08. The number of aryl methyl sites for hydroxylation is 1. The van der Waals surface area contributed by atoms with Gasteiger partial charge in [0, 0.05) is 43.8 Å². The number of tetrazole rings is 1. The van der Waals surface area contributed by atoms with Crippen LogP contribution in [-0.2, 0) is 19.5 Å². The van der Waals surface area contributed by atoms with E-state index in [-0.39, 0.29) is 0 Å². The first-order chi connectivity index (χ1) is 12.3. The summed E-state index contributed by atoms with van der Waals surface area (Å²) >= 11 is 1.85. The van der Waals surface area contributed by atoms with Gasteiger partial charge in [-0.3, -0.25) is 0 Å². The Labute approximate surface area is 151 Å². The van der Waals surface area contributed by atoms with Crippen molar-refractivity contribution in [2.24, 2.45) is 0 Å². The average Bonchev–Trinajstić information content (AvgIpc) is 3.30. The van der Waals surface area contributed by atoms with Crippen LogP contribution in [0.4, 0.5) is 11.6 Å². The second-order valence-corrected chi connectivity index (χ2v) is 7.35. The minimum atomic E-state index is 0.826. The van der Waals surface area contributed by atoms with Crippen molar-refractivity contribution in [2.45, 2.75) is 25.9 Å². The Morgan fingerprint density at radius 3 is 2.96 bits per heavy atom. The summed E-state index contributed by atoms with van der Waals surface area (Å²) in [6.45, 7) is 3.69. The second kappa shape index (κ2) is 7.23. The lowest BCUT2D eigenvalue weighted by Gasteiger charge is -2.27. The summed E-state index contributed by atoms with van der Waals surface area (Å²) in [4.78, 5) is 6.05. The fourth-order valence-electron chi connectivity index (χ4n) is 3.26. The van der Waals surface area contributed by atoms with Crippen LogP contribution in [0.3, 0.4) is 0 Å². The van der Waals surface area contributed by atoms with Crippen molar-refractivity contribution >= 4 is 23.0 Å². The van der Waals surface area contributed by atoms with Gasteiger partial charge in [-0.15, -0.1) is 11.3 Å². The van der Waals surface area contributed by atoms with Gasteiger partial charge in [0.25, 0.3) is 0 Å². The van der Waals surface area contributed by atoms with Crippen LogP contribution in [0.5, 0.6) is 0 Å². The Hall–Kier alpha value is -2.41. The molecular formula is C18H22N6S. The molecule has 0 fully saturated rings. The van der Waals surface area contributed by atoms with Crippen LogP contribution in [0.15, 0.2) is 41.8 Å². The van der Waals surface area contributed by atoms with Crippen molar-refractivity contribution in [2.75, 3.05) is 29.9 Å². The number of hydrogen-bond acceptors (Lipinski definition) is 6. The maximum absolute atomic E-state index is 4.27. The molecule has 0 saturated heterocycles. The van der Waals surface area contributed by atoms with Gasteiger partial charge < -0.3 is 9.80 Å². The molecule has 3 aromatic rings. The highest BCUT2D eigenvalue weighted by molar-refractivity contribution is 7.10. The second-order valence-electron chi connectivity index (χ2n) is 6.35. The summed E-state index contributed by atoms with van der Waals surface area (Å²) in [6, 6.07) is 12.7. The predicted molar refractivity (Wildman–Crippen MR) is 101 cm³/mol. The fourth-order valence-corrected chi connectivity index (χ4v) is 4.15. The highest BCUT2D eigenvalue weighted by Crippen LogP contribution is 2.26. The van der Waals surface area contributed by atoms with Gasteiger partial charge in [0.1, 0.15) is 0 Å². The van der Waals surface area contributed by atoms with Crippen LogP contribution >= 0.6 is 11.3 Å². The highest BCUT2D eigenvalue weighted by Gasteiger charge is 2.21. The number of aromatic nitrogens is 4. The molecule has 1 aliphatic heterocycles. The van der Waals surface area contributed by atoms with Gasteiger partial charge in [-0.25, -0.2) is 4.68 Å². The lowest BCUT2D eigenvalue weighted by Crippen LogP contribution is -2.32. The molecule has 7 heteroatoms. The molecule has 2 aromatic heterocycles. The smallest absolute Gasteiger partial charge is 0.245 e. The number of anilines is 2. The molecule has 1 aliphatic rings. The lowest BCUT2D eigenvalue weighted by atomic mass is 10.1. The van der Waals surface area contributed by atoms with Crippen LogP contribution in [0.1, 0.15) is 16.9 Å². The minimum Gasteiger partial charge on any atom is -0.375 e. The molecule has 25 heavy (non-hydrogen) atoms. The highest BCUT2D eigenvalue weighted by atomic mass is 32.1. The van der Waals surface area contributed by atoms with E-state index in [0.29, 0.717) is 0 Å². The van der Waals surface area contributed by atoms with Crippen LogP contribution in [0.25, 0.3) is 0 Å². The van der Waals surface area contributed by atoms with Crippen LogP contribution < -0.4 is 9.80 Å². The van der Waals surface area contributed by atoms with Crippen molar-refractivity contribution in [3.8, 4) is 0 Å². The van der Waals surface area contributed by atoms with Crippen LogP contribution in [0.2, 0.25) is 0 Å². The molecule has 0 atom stereocenters. The first kappa shape index (κ1) is 16.1. The normalized spacial score (nSPS) is 13.7. The molecule has 1 aromatic carbocycles. The zero-order valence-corrected chi connectivity index (χ0v) is 15.2. The molecule has 0 N–H and O–H groups in total. The largest absolute Gasteiger partial charge is 0.375 e. The molecule has 6 nitrogen and oxygen atoms in total. The molecule has 0 bridgehead atoms. The molecule has 0 radical (unpaired) electrons. The molecule has 0 aliphatic carbocycles. The van der Waals surface area contributed by atoms with E-state index in [1.165, 1.54) is 16.1 Å². The van der Waals surface area contributed by atoms with Crippen molar-refractivity contribution < 1.29 is 0 Å². The number of benzene rings is 1. The van der Waals surface area contributed by atoms with E-state index >= 15 is 0 Å². The Bertz CT molecular complexity index is 812. The topological polar surface area (TPSA) is 50.1 Å². The monoisotopic (exact) mass is 354 g/mol. The summed E-state index contributed by atoms with van der Waals surface area (Å²) in [5.41, 5.74) is 2.65. The van der Waals surface area contributed by atoms with E-state index in [1.54, 1.807) is 0 Å². The van der Waals surface area contributed by atoms with Gasteiger partial charge in [-0.1, -0.05) is 23.3 Å². The van der Waals surface area contributed by atoms with E-state index in [0.717, 1.165) is 45.0 Å². The van der Waals surface area contributed by atoms with E-state index < -0.39 is 0 Å². The van der Waals surface area contributed by atoms with E-state index in [4.69, 9.17) is 0 Å². The maximum Gasteiger partial charge on any atom is 0.245 e. The van der Waals surface area contributed by atoms with Crippen LogP contribution in [-0.4, -0.2) is 40.3 Å². The Morgan fingerprint density at radius 2 is 2.08 bits per heavy atom.